The van der Waals surface area contributed by atoms with Gasteiger partial charge in [0, 0.05) is 43.6 Å². The first-order valence-corrected chi connectivity index (χ1v) is 11.9. The number of amides is 1. The third-order valence-corrected chi connectivity index (χ3v) is 8.28. The van der Waals surface area contributed by atoms with Gasteiger partial charge in [0.2, 0.25) is 10.0 Å². The number of rotatable bonds is 4. The maximum atomic E-state index is 13.2. The predicted molar refractivity (Wildman–Crippen MR) is 119 cm³/mol. The highest BCUT2D eigenvalue weighted by molar-refractivity contribution is 7.89. The van der Waals surface area contributed by atoms with E-state index in [4.69, 9.17) is 23.2 Å². The van der Waals surface area contributed by atoms with Crippen molar-refractivity contribution in [2.24, 2.45) is 0 Å². The number of carbonyl (C=O) groups excluding carboxylic acids is 1. The Labute approximate surface area is 185 Å². The van der Waals surface area contributed by atoms with E-state index >= 15 is 0 Å². The molecule has 0 aliphatic carbocycles. The number of aryl methyl sites for hydroxylation is 1. The zero-order valence-corrected chi connectivity index (χ0v) is 18.7. The molecule has 0 N–H and O–H groups in total. The number of para-hydroxylation sites is 1. The number of hydrogen-bond acceptors (Lipinski definition) is 3. The number of piperazine rings is 1. The predicted octanol–water partition coefficient (Wildman–Crippen LogP) is 4.11. The van der Waals surface area contributed by atoms with Gasteiger partial charge in [-0.05, 0) is 31.2 Å². The van der Waals surface area contributed by atoms with Crippen molar-refractivity contribution in [2.45, 2.75) is 18.4 Å². The number of sulfonamides is 1. The Kier molecular flexibility index (Phi) is 5.81. The quantitative estimate of drug-likeness (QED) is 0.582. The van der Waals surface area contributed by atoms with Crippen molar-refractivity contribution in [3.05, 3.63) is 64.3 Å². The van der Waals surface area contributed by atoms with E-state index in [-0.39, 0.29) is 33.9 Å². The summed E-state index contributed by atoms with van der Waals surface area (Å²) in [7, 11) is -3.79. The fourth-order valence-corrected chi connectivity index (χ4v) is 6.00. The molecule has 0 bridgehead atoms. The Balaban J connectivity index is 1.54. The van der Waals surface area contributed by atoms with Crippen LogP contribution in [0.25, 0.3) is 10.9 Å². The molecule has 2 heterocycles. The van der Waals surface area contributed by atoms with Gasteiger partial charge in [0.25, 0.3) is 5.91 Å². The van der Waals surface area contributed by atoms with Crippen LogP contribution in [0.15, 0.2) is 53.4 Å². The molecular formula is C21H21Cl2N3O3S. The first-order valence-electron chi connectivity index (χ1n) is 9.66. The fraction of sp³-hybridized carbons (Fsp3) is 0.286. The molecule has 1 fully saturated rings. The highest BCUT2D eigenvalue weighted by Crippen LogP contribution is 2.31. The van der Waals surface area contributed by atoms with E-state index in [1.807, 2.05) is 41.8 Å². The van der Waals surface area contributed by atoms with Gasteiger partial charge in [0.05, 0.1) is 10.0 Å². The number of aromatic nitrogens is 1. The summed E-state index contributed by atoms with van der Waals surface area (Å²) in [5, 5.41) is 1.23. The van der Waals surface area contributed by atoms with Crippen LogP contribution in [0.2, 0.25) is 10.0 Å². The van der Waals surface area contributed by atoms with Crippen LogP contribution in [0.3, 0.4) is 0 Å². The van der Waals surface area contributed by atoms with E-state index in [1.54, 1.807) is 17.0 Å². The first kappa shape index (κ1) is 21.2. The molecule has 158 valence electrons. The van der Waals surface area contributed by atoms with E-state index in [0.29, 0.717) is 25.3 Å². The number of carbonyl (C=O) groups is 1. The Morgan fingerprint density at radius 1 is 1.00 bits per heavy atom. The minimum absolute atomic E-state index is 0.0115. The lowest BCUT2D eigenvalue weighted by Gasteiger charge is -2.34. The molecule has 0 spiro atoms. The summed E-state index contributed by atoms with van der Waals surface area (Å²) in [6.07, 6.45) is 0. The van der Waals surface area contributed by atoms with Gasteiger partial charge in [-0.2, -0.15) is 4.31 Å². The number of nitrogens with zero attached hydrogens (tertiary/aromatic N) is 3. The summed E-state index contributed by atoms with van der Waals surface area (Å²) < 4.78 is 29.3. The van der Waals surface area contributed by atoms with Crippen molar-refractivity contribution in [2.75, 3.05) is 26.2 Å². The van der Waals surface area contributed by atoms with Crippen LogP contribution in [0.5, 0.6) is 0 Å². The van der Waals surface area contributed by atoms with Crippen molar-refractivity contribution in [1.82, 2.24) is 13.8 Å². The average molecular weight is 466 g/mol. The van der Waals surface area contributed by atoms with E-state index in [0.717, 1.165) is 10.9 Å². The Morgan fingerprint density at radius 3 is 2.40 bits per heavy atom. The molecule has 0 atom stereocenters. The maximum absolute atomic E-state index is 13.2. The summed E-state index contributed by atoms with van der Waals surface area (Å²) in [5.74, 6) is -0.0918. The summed E-state index contributed by atoms with van der Waals surface area (Å²) in [5.41, 5.74) is 1.63. The minimum atomic E-state index is -3.79. The molecular weight excluding hydrogens is 445 g/mol. The fourth-order valence-electron chi connectivity index (χ4n) is 3.84. The molecule has 4 rings (SSSR count). The summed E-state index contributed by atoms with van der Waals surface area (Å²) in [6, 6.07) is 14.3. The molecule has 1 aromatic heterocycles. The smallest absolute Gasteiger partial charge is 0.270 e. The lowest BCUT2D eigenvalue weighted by molar-refractivity contribution is 0.0687. The third kappa shape index (κ3) is 3.60. The highest BCUT2D eigenvalue weighted by atomic mass is 35.5. The van der Waals surface area contributed by atoms with E-state index in [9.17, 15) is 13.2 Å². The summed E-state index contributed by atoms with van der Waals surface area (Å²) >= 11 is 12.1. The van der Waals surface area contributed by atoms with E-state index in [2.05, 4.69) is 0 Å². The van der Waals surface area contributed by atoms with Crippen LogP contribution in [-0.2, 0) is 16.6 Å². The summed E-state index contributed by atoms with van der Waals surface area (Å²) in [6.45, 7) is 3.69. The minimum Gasteiger partial charge on any atom is -0.337 e. The van der Waals surface area contributed by atoms with E-state index < -0.39 is 10.0 Å². The zero-order valence-electron chi connectivity index (χ0n) is 16.4. The molecule has 30 heavy (non-hydrogen) atoms. The maximum Gasteiger partial charge on any atom is 0.270 e. The Bertz CT molecular complexity index is 1220. The van der Waals surface area contributed by atoms with Crippen molar-refractivity contribution in [3.8, 4) is 0 Å². The van der Waals surface area contributed by atoms with Gasteiger partial charge >= 0.3 is 0 Å². The standard InChI is InChI=1S/C21H21Cl2N3O3S/c1-2-26-17-8-4-3-6-15(17)14-18(26)21(27)24-10-12-25(13-11-24)30(28,29)19-9-5-7-16(22)20(19)23/h3-9,14H,2,10-13H2,1H3. The third-order valence-electron chi connectivity index (χ3n) is 5.41. The largest absolute Gasteiger partial charge is 0.337 e. The Morgan fingerprint density at radius 2 is 1.70 bits per heavy atom. The molecule has 1 aliphatic heterocycles. The molecule has 0 radical (unpaired) electrons. The number of benzene rings is 2. The van der Waals surface area contributed by atoms with E-state index in [1.165, 1.54) is 10.4 Å². The van der Waals surface area contributed by atoms with Crippen LogP contribution < -0.4 is 0 Å². The summed E-state index contributed by atoms with van der Waals surface area (Å²) in [4.78, 5) is 14.9. The second-order valence-corrected chi connectivity index (χ2v) is 9.77. The van der Waals surface area contributed by atoms with Crippen LogP contribution in [0.1, 0.15) is 17.4 Å². The molecule has 0 saturated carbocycles. The lowest BCUT2D eigenvalue weighted by Crippen LogP contribution is -2.50. The topological polar surface area (TPSA) is 62.6 Å². The van der Waals surface area contributed by atoms with Gasteiger partial charge in [-0.3, -0.25) is 4.79 Å². The molecule has 1 amide bonds. The van der Waals surface area contributed by atoms with Crippen molar-refractivity contribution >= 4 is 50.0 Å². The van der Waals surface area contributed by atoms with Gasteiger partial charge in [-0.15, -0.1) is 0 Å². The molecule has 1 aliphatic rings. The molecule has 1 saturated heterocycles. The van der Waals surface area contributed by atoms with Gasteiger partial charge in [0.1, 0.15) is 10.6 Å². The van der Waals surface area contributed by atoms with Crippen LogP contribution >= 0.6 is 23.2 Å². The van der Waals surface area contributed by atoms with Crippen LogP contribution in [0, 0.1) is 0 Å². The van der Waals surface area contributed by atoms with Crippen LogP contribution in [-0.4, -0.2) is 54.3 Å². The number of hydrogen-bond donors (Lipinski definition) is 0. The molecule has 6 nitrogen and oxygen atoms in total. The molecule has 9 heteroatoms. The van der Waals surface area contributed by atoms with Crippen molar-refractivity contribution < 1.29 is 13.2 Å². The van der Waals surface area contributed by atoms with Crippen molar-refractivity contribution in [3.63, 3.8) is 0 Å². The lowest BCUT2D eigenvalue weighted by atomic mass is 10.2. The number of fused-ring (bicyclic) bond motifs is 1. The Hall–Kier alpha value is -2.06. The SMILES string of the molecule is CCn1c(C(=O)N2CCN(S(=O)(=O)c3cccc(Cl)c3Cl)CC2)cc2ccccc21. The molecule has 3 aromatic rings. The van der Waals surface area contributed by atoms with Gasteiger partial charge < -0.3 is 9.47 Å². The van der Waals surface area contributed by atoms with Gasteiger partial charge in [-0.25, -0.2) is 8.42 Å². The highest BCUT2D eigenvalue weighted by Gasteiger charge is 2.33. The second kappa shape index (κ2) is 8.23. The zero-order chi connectivity index (χ0) is 21.5. The molecule has 0 unspecified atom stereocenters. The average Bonchev–Trinajstić information content (AvgIpc) is 3.13. The van der Waals surface area contributed by atoms with Crippen LogP contribution in [0.4, 0.5) is 0 Å². The molecule has 2 aromatic carbocycles. The van der Waals surface area contributed by atoms with Gasteiger partial charge in [-0.1, -0.05) is 47.5 Å². The first-order chi connectivity index (χ1) is 14.3. The normalized spacial score (nSPS) is 15.6. The monoisotopic (exact) mass is 465 g/mol. The number of halogens is 2. The van der Waals surface area contributed by atoms with Gasteiger partial charge in [0.15, 0.2) is 0 Å². The van der Waals surface area contributed by atoms with Crippen molar-refractivity contribution in [1.29, 1.82) is 0 Å². The second-order valence-electron chi connectivity index (χ2n) is 7.08.